The van der Waals surface area contributed by atoms with E-state index in [4.69, 9.17) is 4.74 Å². The number of nitrogens with one attached hydrogen (secondary N) is 1. The largest absolute Gasteiger partial charge is 0.496 e. The van der Waals surface area contributed by atoms with Gasteiger partial charge in [-0.05, 0) is 43.3 Å². The number of hydrogen-bond donors (Lipinski definition) is 1. The van der Waals surface area contributed by atoms with E-state index in [1.807, 2.05) is 0 Å². The molecule has 0 aliphatic rings. The molecule has 1 N–H and O–H groups in total. The number of amides is 1. The highest BCUT2D eigenvalue weighted by atomic mass is 32.2. The second-order valence-corrected chi connectivity index (χ2v) is 7.80. The number of anilines is 1. The number of methoxy groups -OCH3 is 1. The molecule has 0 saturated carbocycles. The van der Waals surface area contributed by atoms with Crippen molar-refractivity contribution in [1.82, 2.24) is 5.32 Å². The van der Waals surface area contributed by atoms with E-state index in [9.17, 15) is 18.0 Å². The highest BCUT2D eigenvalue weighted by molar-refractivity contribution is 7.92. The molecule has 2 aromatic rings. The number of nitrogens with zero attached hydrogens (tertiary/aromatic N) is 1. The molecule has 27 heavy (non-hydrogen) atoms. The smallest absolute Gasteiger partial charge is 0.255 e. The molecule has 0 bridgehead atoms. The van der Waals surface area contributed by atoms with Crippen LogP contribution in [0, 0.1) is 0 Å². The third-order valence-corrected chi connectivity index (χ3v) is 5.11. The van der Waals surface area contributed by atoms with Gasteiger partial charge in [0.1, 0.15) is 5.75 Å². The van der Waals surface area contributed by atoms with Gasteiger partial charge in [0.2, 0.25) is 10.0 Å². The second-order valence-electron chi connectivity index (χ2n) is 5.89. The van der Waals surface area contributed by atoms with Crippen molar-refractivity contribution in [2.45, 2.75) is 6.92 Å². The number of sulfonamides is 1. The number of carbonyl (C=O) groups excluding carboxylic acids is 2. The van der Waals surface area contributed by atoms with Crippen LogP contribution in [0.5, 0.6) is 5.75 Å². The highest BCUT2D eigenvalue weighted by Crippen LogP contribution is 2.19. The van der Waals surface area contributed by atoms with Gasteiger partial charge in [0.25, 0.3) is 5.91 Å². The van der Waals surface area contributed by atoms with Crippen LogP contribution in [0.4, 0.5) is 5.69 Å². The van der Waals surface area contributed by atoms with Crippen LogP contribution in [0.1, 0.15) is 27.6 Å². The van der Waals surface area contributed by atoms with Gasteiger partial charge in [-0.3, -0.25) is 13.9 Å². The predicted octanol–water partition coefficient (Wildman–Crippen LogP) is 2.09. The molecule has 0 fully saturated rings. The van der Waals surface area contributed by atoms with Crippen molar-refractivity contribution in [1.29, 1.82) is 0 Å². The van der Waals surface area contributed by atoms with Gasteiger partial charge < -0.3 is 10.1 Å². The van der Waals surface area contributed by atoms with Crippen LogP contribution in [-0.2, 0) is 10.0 Å². The summed E-state index contributed by atoms with van der Waals surface area (Å²) in [6.45, 7) is 1.61. The molecule has 0 heterocycles. The van der Waals surface area contributed by atoms with Crippen molar-refractivity contribution in [3.8, 4) is 5.75 Å². The standard InChI is InChI=1S/C19H22N2O5S/c1-14(22)15-8-10-16(11-9-15)21(27(3,24)25)13-12-20-19(23)17-6-4-5-7-18(17)26-2/h4-11H,12-13H2,1-3H3,(H,20,23). The molecule has 0 radical (unpaired) electrons. The van der Waals surface area contributed by atoms with Crippen LogP contribution in [0.3, 0.4) is 0 Å². The minimum absolute atomic E-state index is 0.0547. The second kappa shape index (κ2) is 8.68. The zero-order valence-electron chi connectivity index (χ0n) is 15.4. The minimum Gasteiger partial charge on any atom is -0.496 e. The molecule has 2 aromatic carbocycles. The minimum atomic E-state index is -3.55. The highest BCUT2D eigenvalue weighted by Gasteiger charge is 2.18. The van der Waals surface area contributed by atoms with Gasteiger partial charge in [-0.25, -0.2) is 8.42 Å². The van der Waals surface area contributed by atoms with Crippen molar-refractivity contribution in [2.75, 3.05) is 30.8 Å². The Morgan fingerprint density at radius 3 is 2.26 bits per heavy atom. The summed E-state index contributed by atoms with van der Waals surface area (Å²) in [5.41, 5.74) is 1.29. The van der Waals surface area contributed by atoms with Gasteiger partial charge >= 0.3 is 0 Å². The summed E-state index contributed by atoms with van der Waals surface area (Å²) in [6.07, 6.45) is 1.09. The maximum Gasteiger partial charge on any atom is 0.255 e. The van der Waals surface area contributed by atoms with Crippen molar-refractivity contribution in [3.63, 3.8) is 0 Å². The summed E-state index contributed by atoms with van der Waals surface area (Å²) in [6, 6.07) is 13.1. The van der Waals surface area contributed by atoms with Gasteiger partial charge in [0.15, 0.2) is 5.78 Å². The lowest BCUT2D eigenvalue weighted by Gasteiger charge is -2.23. The zero-order valence-corrected chi connectivity index (χ0v) is 16.2. The van der Waals surface area contributed by atoms with Crippen LogP contribution in [0.2, 0.25) is 0 Å². The molecule has 0 saturated heterocycles. The number of ketones is 1. The first kappa shape index (κ1) is 20.4. The van der Waals surface area contributed by atoms with E-state index in [1.165, 1.54) is 18.3 Å². The van der Waals surface area contributed by atoms with E-state index >= 15 is 0 Å². The lowest BCUT2D eigenvalue weighted by molar-refractivity contribution is 0.0950. The maximum absolute atomic E-state index is 12.3. The summed E-state index contributed by atoms with van der Waals surface area (Å²) >= 11 is 0. The fourth-order valence-corrected chi connectivity index (χ4v) is 3.47. The Morgan fingerprint density at radius 1 is 1.07 bits per heavy atom. The van der Waals surface area contributed by atoms with Gasteiger partial charge in [-0.2, -0.15) is 0 Å². The normalized spacial score (nSPS) is 10.9. The maximum atomic E-state index is 12.3. The Hall–Kier alpha value is -2.87. The Morgan fingerprint density at radius 2 is 1.70 bits per heavy atom. The van der Waals surface area contributed by atoms with E-state index < -0.39 is 10.0 Å². The Bertz CT molecular complexity index is 923. The molecule has 0 aromatic heterocycles. The molecule has 1 amide bonds. The summed E-state index contributed by atoms with van der Waals surface area (Å²) in [7, 11) is -2.08. The first-order valence-corrected chi connectivity index (χ1v) is 10.1. The molecule has 2 rings (SSSR count). The molecule has 0 spiro atoms. The average Bonchev–Trinajstić information content (AvgIpc) is 2.64. The lowest BCUT2D eigenvalue weighted by atomic mass is 10.1. The van der Waals surface area contributed by atoms with Crippen LogP contribution in [0.15, 0.2) is 48.5 Å². The zero-order chi connectivity index (χ0) is 20.0. The number of Topliss-reactive ketones (excluding diaryl/α,β-unsaturated/α-hetero) is 1. The lowest BCUT2D eigenvalue weighted by Crippen LogP contribution is -2.38. The van der Waals surface area contributed by atoms with E-state index in [-0.39, 0.29) is 24.8 Å². The molecule has 0 aliphatic heterocycles. The van der Waals surface area contributed by atoms with Crippen molar-refractivity contribution >= 4 is 27.4 Å². The topological polar surface area (TPSA) is 92.8 Å². The fraction of sp³-hybridized carbons (Fsp3) is 0.263. The van der Waals surface area contributed by atoms with Gasteiger partial charge in [-0.15, -0.1) is 0 Å². The molecular weight excluding hydrogens is 368 g/mol. The first-order chi connectivity index (χ1) is 12.7. The molecular formula is C19H22N2O5S. The van der Waals surface area contributed by atoms with Crippen molar-refractivity contribution in [2.24, 2.45) is 0 Å². The van der Waals surface area contributed by atoms with E-state index in [1.54, 1.807) is 48.5 Å². The SMILES string of the molecule is COc1ccccc1C(=O)NCCN(c1ccc(C(C)=O)cc1)S(C)(=O)=O. The number of para-hydroxylation sites is 1. The van der Waals surface area contributed by atoms with Crippen LogP contribution in [-0.4, -0.2) is 46.6 Å². The Labute approximate surface area is 159 Å². The number of hydrogen-bond acceptors (Lipinski definition) is 5. The van der Waals surface area contributed by atoms with Gasteiger partial charge in [0, 0.05) is 12.1 Å². The van der Waals surface area contributed by atoms with Crippen molar-refractivity contribution in [3.05, 3.63) is 59.7 Å². The molecule has 0 unspecified atom stereocenters. The molecule has 0 aliphatic carbocycles. The first-order valence-electron chi connectivity index (χ1n) is 8.24. The Kier molecular flexibility index (Phi) is 6.57. The fourth-order valence-electron chi connectivity index (χ4n) is 2.55. The number of carbonyl (C=O) groups is 2. The van der Waals surface area contributed by atoms with Crippen LogP contribution < -0.4 is 14.4 Å². The van der Waals surface area contributed by atoms with Gasteiger partial charge in [-0.1, -0.05) is 12.1 Å². The van der Waals surface area contributed by atoms with E-state index in [2.05, 4.69) is 5.32 Å². The predicted molar refractivity (Wildman–Crippen MR) is 104 cm³/mol. The third-order valence-electron chi connectivity index (χ3n) is 3.91. The monoisotopic (exact) mass is 390 g/mol. The Balaban J connectivity index is 2.09. The number of ether oxygens (including phenoxy) is 1. The molecule has 8 heteroatoms. The van der Waals surface area contributed by atoms with Crippen molar-refractivity contribution < 1.29 is 22.7 Å². The van der Waals surface area contributed by atoms with E-state index in [0.717, 1.165) is 6.26 Å². The summed E-state index contributed by atoms with van der Waals surface area (Å²) in [5, 5.41) is 2.70. The van der Waals surface area contributed by atoms with Crippen LogP contribution >= 0.6 is 0 Å². The molecule has 0 atom stereocenters. The molecule has 144 valence electrons. The van der Waals surface area contributed by atoms with E-state index in [0.29, 0.717) is 22.6 Å². The number of rotatable bonds is 8. The number of benzene rings is 2. The van der Waals surface area contributed by atoms with Crippen LogP contribution in [0.25, 0.3) is 0 Å². The van der Waals surface area contributed by atoms with Gasteiger partial charge in [0.05, 0.1) is 31.2 Å². The summed E-state index contributed by atoms with van der Waals surface area (Å²) in [5.74, 6) is -0.0147. The summed E-state index contributed by atoms with van der Waals surface area (Å²) in [4.78, 5) is 23.7. The third kappa shape index (κ3) is 5.30. The summed E-state index contributed by atoms with van der Waals surface area (Å²) < 4.78 is 30.6. The molecule has 7 nitrogen and oxygen atoms in total. The average molecular weight is 390 g/mol. The quantitative estimate of drug-likeness (QED) is 0.697.